The van der Waals surface area contributed by atoms with Crippen LogP contribution < -0.4 is 10.2 Å². The summed E-state index contributed by atoms with van der Waals surface area (Å²) in [6.07, 6.45) is 0.604. The molecule has 1 atom stereocenters. The Hall–Kier alpha value is -2.69. The third-order valence-electron chi connectivity index (χ3n) is 5.06. The Morgan fingerprint density at radius 1 is 1.08 bits per heavy atom. The number of rotatable bonds is 1. The van der Waals surface area contributed by atoms with E-state index >= 15 is 0 Å². The van der Waals surface area contributed by atoms with Crippen LogP contribution in [0.1, 0.15) is 49.5 Å². The molecule has 0 bridgehead atoms. The Labute approximate surface area is 146 Å². The molecule has 0 spiro atoms. The quantitative estimate of drug-likeness (QED) is 0.814. The molecule has 1 N–H and O–H groups in total. The highest BCUT2D eigenvalue weighted by Crippen LogP contribution is 2.43. The number of hydrogen-bond acceptors (Lipinski definition) is 3. The van der Waals surface area contributed by atoms with Crippen molar-refractivity contribution in [3.63, 3.8) is 0 Å². The van der Waals surface area contributed by atoms with Crippen molar-refractivity contribution in [2.45, 2.75) is 45.1 Å². The van der Waals surface area contributed by atoms with Crippen LogP contribution in [0.3, 0.4) is 0 Å². The zero-order chi connectivity index (χ0) is 17.9. The number of amides is 3. The number of nitrogens with one attached hydrogen (secondary N) is 1. The largest absolute Gasteiger partial charge is 0.295 e. The summed E-state index contributed by atoms with van der Waals surface area (Å²) in [5.41, 5.74) is 2.51. The first kappa shape index (κ1) is 15.8. The highest BCUT2D eigenvalue weighted by atomic mass is 16.2. The number of hydrogen-bond donors (Lipinski definition) is 1. The average Bonchev–Trinajstić information content (AvgIpc) is 2.82. The molecule has 0 saturated carbocycles. The second-order valence-corrected chi connectivity index (χ2v) is 7.75. The van der Waals surface area contributed by atoms with Crippen LogP contribution in [0, 0.1) is 0 Å². The second kappa shape index (κ2) is 5.15. The summed E-state index contributed by atoms with van der Waals surface area (Å²) in [6, 6.07) is 9.07. The minimum atomic E-state index is -0.638. The normalized spacial score (nSPS) is 20.4. The van der Waals surface area contributed by atoms with Crippen molar-refractivity contribution in [2.75, 3.05) is 4.90 Å². The van der Waals surface area contributed by atoms with E-state index in [-0.39, 0.29) is 23.7 Å². The van der Waals surface area contributed by atoms with Crippen LogP contribution in [0.25, 0.3) is 10.8 Å². The summed E-state index contributed by atoms with van der Waals surface area (Å²) < 4.78 is 0. The number of nitrogens with zero attached hydrogens (tertiary/aromatic N) is 1. The molecule has 2 aliphatic rings. The van der Waals surface area contributed by atoms with Crippen LogP contribution in [-0.4, -0.2) is 23.8 Å². The molecule has 25 heavy (non-hydrogen) atoms. The van der Waals surface area contributed by atoms with Crippen LogP contribution in [0.15, 0.2) is 30.3 Å². The molecule has 4 rings (SSSR count). The maximum Gasteiger partial charge on any atom is 0.259 e. The van der Waals surface area contributed by atoms with Gasteiger partial charge in [-0.15, -0.1) is 0 Å². The molecule has 1 unspecified atom stereocenters. The van der Waals surface area contributed by atoms with Gasteiger partial charge in [0.1, 0.15) is 6.04 Å². The fourth-order valence-electron chi connectivity index (χ4n) is 3.90. The molecule has 128 valence electrons. The highest BCUT2D eigenvalue weighted by Gasteiger charge is 2.41. The highest BCUT2D eigenvalue weighted by molar-refractivity contribution is 6.27. The maximum atomic E-state index is 13.0. The number of carbonyl (C=O) groups excluding carboxylic acids is 3. The van der Waals surface area contributed by atoms with Crippen LogP contribution in [0.4, 0.5) is 5.69 Å². The lowest BCUT2D eigenvalue weighted by Gasteiger charge is -2.30. The Kier molecular flexibility index (Phi) is 3.26. The van der Waals surface area contributed by atoms with E-state index in [9.17, 15) is 14.4 Å². The summed E-state index contributed by atoms with van der Waals surface area (Å²) in [6.45, 7) is 6.43. The Morgan fingerprint density at radius 3 is 2.52 bits per heavy atom. The first-order chi connectivity index (χ1) is 11.8. The van der Waals surface area contributed by atoms with Crippen molar-refractivity contribution in [3.8, 4) is 0 Å². The number of anilines is 1. The predicted molar refractivity (Wildman–Crippen MR) is 95.6 cm³/mol. The van der Waals surface area contributed by atoms with Gasteiger partial charge in [-0.2, -0.15) is 0 Å². The lowest BCUT2D eigenvalue weighted by atomic mass is 9.83. The topological polar surface area (TPSA) is 66.5 Å². The van der Waals surface area contributed by atoms with E-state index in [1.54, 1.807) is 4.90 Å². The molecular weight excluding hydrogens is 316 g/mol. The molecule has 1 saturated heterocycles. The zero-order valence-corrected chi connectivity index (χ0v) is 14.6. The van der Waals surface area contributed by atoms with Crippen LogP contribution >= 0.6 is 0 Å². The van der Waals surface area contributed by atoms with Gasteiger partial charge in [0.2, 0.25) is 11.8 Å². The number of benzene rings is 2. The van der Waals surface area contributed by atoms with Crippen LogP contribution in [0.2, 0.25) is 0 Å². The van der Waals surface area contributed by atoms with Gasteiger partial charge in [0.15, 0.2) is 0 Å². The molecule has 0 aliphatic carbocycles. The average molecular weight is 336 g/mol. The van der Waals surface area contributed by atoms with E-state index in [0.29, 0.717) is 12.0 Å². The molecule has 0 radical (unpaired) electrons. The number of piperidine rings is 1. The molecule has 2 aromatic rings. The SMILES string of the molecule is CC(C)(C)c1ccc2c3c(cccc13)C(=O)N2C1CCC(=O)NC1=O. The van der Waals surface area contributed by atoms with Crippen LogP contribution in [0.5, 0.6) is 0 Å². The first-order valence-electron chi connectivity index (χ1n) is 8.52. The van der Waals surface area contributed by atoms with E-state index in [0.717, 1.165) is 16.5 Å². The first-order valence-corrected chi connectivity index (χ1v) is 8.52. The van der Waals surface area contributed by atoms with Gasteiger partial charge in [-0.05, 0) is 34.9 Å². The molecule has 2 aliphatic heterocycles. The van der Waals surface area contributed by atoms with Gasteiger partial charge in [-0.25, -0.2) is 0 Å². The number of imide groups is 1. The van der Waals surface area contributed by atoms with Gasteiger partial charge in [-0.1, -0.05) is 39.0 Å². The summed E-state index contributed by atoms with van der Waals surface area (Å²) in [4.78, 5) is 38.3. The second-order valence-electron chi connectivity index (χ2n) is 7.75. The van der Waals surface area contributed by atoms with Crippen molar-refractivity contribution in [1.82, 2.24) is 5.32 Å². The van der Waals surface area contributed by atoms with Crippen molar-refractivity contribution in [3.05, 3.63) is 41.5 Å². The van der Waals surface area contributed by atoms with Gasteiger partial charge in [-0.3, -0.25) is 24.6 Å². The van der Waals surface area contributed by atoms with E-state index in [2.05, 4.69) is 26.1 Å². The molecule has 2 heterocycles. The smallest absolute Gasteiger partial charge is 0.259 e. The third-order valence-corrected chi connectivity index (χ3v) is 5.06. The Balaban J connectivity index is 1.90. The molecule has 2 aromatic carbocycles. The van der Waals surface area contributed by atoms with E-state index in [1.807, 2.05) is 30.3 Å². The van der Waals surface area contributed by atoms with E-state index < -0.39 is 11.9 Å². The minimum absolute atomic E-state index is 0.0533. The Morgan fingerprint density at radius 2 is 1.84 bits per heavy atom. The molecule has 3 amide bonds. The molecule has 5 nitrogen and oxygen atoms in total. The van der Waals surface area contributed by atoms with Crippen molar-refractivity contribution in [1.29, 1.82) is 0 Å². The van der Waals surface area contributed by atoms with Crippen molar-refractivity contribution < 1.29 is 14.4 Å². The molecule has 1 fully saturated rings. The molecule has 5 heteroatoms. The van der Waals surface area contributed by atoms with E-state index in [4.69, 9.17) is 0 Å². The molecular formula is C20H20N2O3. The number of carbonyl (C=O) groups is 3. The Bertz CT molecular complexity index is 940. The fourth-order valence-corrected chi connectivity index (χ4v) is 3.90. The van der Waals surface area contributed by atoms with Crippen molar-refractivity contribution >= 4 is 34.2 Å². The third kappa shape index (κ3) is 2.26. The molecule has 0 aromatic heterocycles. The lowest BCUT2D eigenvalue weighted by molar-refractivity contribution is -0.134. The predicted octanol–water partition coefficient (Wildman–Crippen LogP) is 2.90. The zero-order valence-electron chi connectivity index (χ0n) is 14.6. The maximum absolute atomic E-state index is 13.0. The summed E-state index contributed by atoms with van der Waals surface area (Å²) in [5.74, 6) is -0.842. The van der Waals surface area contributed by atoms with Crippen molar-refractivity contribution in [2.24, 2.45) is 0 Å². The summed E-state index contributed by atoms with van der Waals surface area (Å²) >= 11 is 0. The lowest BCUT2D eigenvalue weighted by Crippen LogP contribution is -2.53. The summed E-state index contributed by atoms with van der Waals surface area (Å²) in [7, 11) is 0. The fraction of sp³-hybridized carbons (Fsp3) is 0.350. The van der Waals surface area contributed by atoms with Gasteiger partial charge >= 0.3 is 0 Å². The summed E-state index contributed by atoms with van der Waals surface area (Å²) in [5, 5.41) is 4.30. The monoisotopic (exact) mass is 336 g/mol. The van der Waals surface area contributed by atoms with Gasteiger partial charge < -0.3 is 0 Å². The van der Waals surface area contributed by atoms with Crippen LogP contribution in [-0.2, 0) is 15.0 Å². The van der Waals surface area contributed by atoms with Gasteiger partial charge in [0, 0.05) is 17.4 Å². The standard InChI is InChI=1S/C20H20N2O3/c1-20(2,3)13-7-8-14-17-11(13)5-4-6-12(17)19(25)22(14)15-9-10-16(23)21-18(15)24/h4-8,15H,9-10H2,1-3H3,(H,21,23,24). The van der Waals surface area contributed by atoms with Gasteiger partial charge in [0.05, 0.1) is 5.69 Å². The van der Waals surface area contributed by atoms with Gasteiger partial charge in [0.25, 0.3) is 5.91 Å². The van der Waals surface area contributed by atoms with E-state index in [1.165, 1.54) is 5.56 Å². The minimum Gasteiger partial charge on any atom is -0.295 e.